The quantitative estimate of drug-likeness (QED) is 0.687. The predicted molar refractivity (Wildman–Crippen MR) is 80.2 cm³/mol. The summed E-state index contributed by atoms with van der Waals surface area (Å²) in [6, 6.07) is 17.7. The van der Waals surface area contributed by atoms with E-state index in [1.54, 1.807) is 6.07 Å². The highest BCUT2D eigenvalue weighted by molar-refractivity contribution is 6.17. The van der Waals surface area contributed by atoms with E-state index in [0.29, 0.717) is 17.9 Å². The molecule has 3 rings (SSSR count). The van der Waals surface area contributed by atoms with Gasteiger partial charge in [0.25, 0.3) is 0 Å². The molecule has 0 N–H and O–H groups in total. The number of rotatable bonds is 3. The number of nitriles is 1. The van der Waals surface area contributed by atoms with E-state index in [9.17, 15) is 0 Å². The van der Waals surface area contributed by atoms with Crippen LogP contribution in [-0.4, -0.2) is 15.4 Å². The van der Waals surface area contributed by atoms with Crippen LogP contribution < -0.4 is 0 Å². The van der Waals surface area contributed by atoms with Gasteiger partial charge >= 0.3 is 0 Å². The number of hydrogen-bond donors (Lipinski definition) is 0. The average molecular weight is 282 g/mol. The maximum Gasteiger partial charge on any atom is 0.115 e. The van der Waals surface area contributed by atoms with E-state index in [1.807, 2.05) is 42.5 Å². The van der Waals surface area contributed by atoms with Crippen LogP contribution in [0.25, 0.3) is 16.7 Å². The molecule has 20 heavy (non-hydrogen) atoms. The van der Waals surface area contributed by atoms with Gasteiger partial charge in [0.2, 0.25) is 0 Å². The van der Waals surface area contributed by atoms with E-state index in [0.717, 1.165) is 22.5 Å². The molecule has 0 radical (unpaired) electrons. The smallest absolute Gasteiger partial charge is 0.115 e. The first kappa shape index (κ1) is 12.7. The zero-order valence-electron chi connectivity index (χ0n) is 10.8. The number of hydrogen-bond acceptors (Lipinski definition) is 2. The Bertz CT molecular complexity index is 785. The zero-order chi connectivity index (χ0) is 13.9. The molecule has 2 aromatic carbocycles. The van der Waals surface area contributed by atoms with Crippen LogP contribution in [0.2, 0.25) is 0 Å². The molecule has 0 aliphatic carbocycles. The van der Waals surface area contributed by atoms with Crippen LogP contribution in [0.5, 0.6) is 0 Å². The zero-order valence-corrected chi connectivity index (χ0v) is 11.5. The van der Waals surface area contributed by atoms with Crippen molar-refractivity contribution in [2.45, 2.75) is 6.42 Å². The van der Waals surface area contributed by atoms with Gasteiger partial charge in [-0.25, -0.2) is 4.98 Å². The minimum absolute atomic E-state index is 0.515. The van der Waals surface area contributed by atoms with Crippen molar-refractivity contribution in [3.8, 4) is 11.8 Å². The average Bonchev–Trinajstić information content (AvgIpc) is 2.85. The van der Waals surface area contributed by atoms with Crippen LogP contribution in [-0.2, 0) is 6.42 Å². The van der Waals surface area contributed by atoms with Crippen molar-refractivity contribution in [2.75, 3.05) is 5.88 Å². The lowest BCUT2D eigenvalue weighted by atomic mass is 10.2. The van der Waals surface area contributed by atoms with E-state index in [4.69, 9.17) is 16.9 Å². The number of benzene rings is 2. The number of aryl methyl sites for hydroxylation is 1. The van der Waals surface area contributed by atoms with Gasteiger partial charge in [0, 0.05) is 18.0 Å². The molecule has 1 aromatic heterocycles. The minimum atomic E-state index is 0.515. The summed E-state index contributed by atoms with van der Waals surface area (Å²) in [6.07, 6.45) is 0.688. The highest BCUT2D eigenvalue weighted by Crippen LogP contribution is 2.23. The lowest BCUT2D eigenvalue weighted by Crippen LogP contribution is -2.02. The Morgan fingerprint density at radius 3 is 2.65 bits per heavy atom. The number of fused-ring (bicyclic) bond motifs is 1. The lowest BCUT2D eigenvalue weighted by molar-refractivity contribution is 0.912. The Balaban J connectivity index is 2.31. The van der Waals surface area contributed by atoms with Gasteiger partial charge in [-0.05, 0) is 30.3 Å². The summed E-state index contributed by atoms with van der Waals surface area (Å²) in [5.74, 6) is 1.43. The van der Waals surface area contributed by atoms with Gasteiger partial charge in [-0.15, -0.1) is 11.6 Å². The number of imidazole rings is 1. The van der Waals surface area contributed by atoms with E-state index in [2.05, 4.69) is 15.6 Å². The van der Waals surface area contributed by atoms with E-state index >= 15 is 0 Å². The summed E-state index contributed by atoms with van der Waals surface area (Å²) in [6.45, 7) is 0. The molecule has 0 atom stereocenters. The van der Waals surface area contributed by atoms with E-state index in [-0.39, 0.29) is 0 Å². The van der Waals surface area contributed by atoms with Gasteiger partial charge in [0.1, 0.15) is 5.82 Å². The van der Waals surface area contributed by atoms with Gasteiger partial charge in [-0.1, -0.05) is 18.2 Å². The molecule has 0 spiro atoms. The fourth-order valence-electron chi connectivity index (χ4n) is 2.31. The Morgan fingerprint density at radius 2 is 1.95 bits per heavy atom. The van der Waals surface area contributed by atoms with Gasteiger partial charge in [0.15, 0.2) is 0 Å². The third-order valence-corrected chi connectivity index (χ3v) is 3.37. The number of halogens is 1. The topological polar surface area (TPSA) is 41.6 Å². The Labute approximate surface area is 122 Å². The van der Waals surface area contributed by atoms with Crippen molar-refractivity contribution in [3.05, 3.63) is 59.9 Å². The third kappa shape index (κ3) is 2.15. The van der Waals surface area contributed by atoms with Crippen molar-refractivity contribution in [1.82, 2.24) is 9.55 Å². The first-order valence-electron chi connectivity index (χ1n) is 6.36. The van der Waals surface area contributed by atoms with Crippen LogP contribution in [0.1, 0.15) is 11.4 Å². The molecular formula is C16H12ClN3. The van der Waals surface area contributed by atoms with Crippen molar-refractivity contribution >= 4 is 22.6 Å². The molecule has 3 aromatic rings. The fourth-order valence-corrected chi connectivity index (χ4v) is 2.48. The molecule has 0 amide bonds. The SMILES string of the molecule is N#Cc1ccc2nc(CCCl)n(-c3ccccc3)c2c1. The monoisotopic (exact) mass is 281 g/mol. The van der Waals surface area contributed by atoms with Gasteiger partial charge < -0.3 is 0 Å². The number of aromatic nitrogens is 2. The van der Waals surface area contributed by atoms with Crippen LogP contribution in [0.15, 0.2) is 48.5 Å². The predicted octanol–water partition coefficient (Wildman–Crippen LogP) is 3.68. The molecule has 0 bridgehead atoms. The molecule has 0 aliphatic rings. The molecular weight excluding hydrogens is 270 g/mol. The number of para-hydroxylation sites is 1. The summed E-state index contributed by atoms with van der Waals surface area (Å²) < 4.78 is 2.07. The number of nitrogens with zero attached hydrogens (tertiary/aromatic N) is 3. The Hall–Kier alpha value is -2.31. The van der Waals surface area contributed by atoms with E-state index in [1.165, 1.54) is 0 Å². The molecule has 3 nitrogen and oxygen atoms in total. The summed E-state index contributed by atoms with van der Waals surface area (Å²) in [5, 5.41) is 9.07. The number of alkyl halides is 1. The standard InChI is InChI=1S/C16H12ClN3/c17-9-8-16-19-14-7-6-12(11-18)10-15(14)20(16)13-4-2-1-3-5-13/h1-7,10H,8-9H2. The normalized spacial score (nSPS) is 10.6. The minimum Gasteiger partial charge on any atom is -0.296 e. The Kier molecular flexibility index (Phi) is 3.41. The van der Waals surface area contributed by atoms with Gasteiger partial charge in [-0.2, -0.15) is 5.26 Å². The van der Waals surface area contributed by atoms with Crippen molar-refractivity contribution < 1.29 is 0 Å². The highest BCUT2D eigenvalue weighted by Gasteiger charge is 2.12. The Morgan fingerprint density at radius 1 is 1.15 bits per heavy atom. The molecule has 0 aliphatic heterocycles. The van der Waals surface area contributed by atoms with Crippen LogP contribution >= 0.6 is 11.6 Å². The molecule has 0 saturated carbocycles. The molecule has 98 valence electrons. The van der Waals surface area contributed by atoms with Crippen LogP contribution in [0, 0.1) is 11.3 Å². The maximum absolute atomic E-state index is 9.07. The second kappa shape index (κ2) is 5.36. The molecule has 0 saturated heterocycles. The maximum atomic E-state index is 9.07. The first-order chi connectivity index (χ1) is 9.83. The fraction of sp³-hybridized carbons (Fsp3) is 0.125. The summed E-state index contributed by atoms with van der Waals surface area (Å²) in [5.41, 5.74) is 3.49. The summed E-state index contributed by atoms with van der Waals surface area (Å²) in [7, 11) is 0. The second-order valence-corrected chi connectivity index (χ2v) is 4.83. The first-order valence-corrected chi connectivity index (χ1v) is 6.90. The molecule has 4 heteroatoms. The lowest BCUT2D eigenvalue weighted by Gasteiger charge is -2.08. The molecule has 0 fully saturated rings. The summed E-state index contributed by atoms with van der Waals surface area (Å²) in [4.78, 5) is 4.62. The largest absolute Gasteiger partial charge is 0.296 e. The summed E-state index contributed by atoms with van der Waals surface area (Å²) >= 11 is 5.88. The molecule has 0 unspecified atom stereocenters. The van der Waals surface area contributed by atoms with Crippen molar-refractivity contribution in [3.63, 3.8) is 0 Å². The van der Waals surface area contributed by atoms with Crippen LogP contribution in [0.4, 0.5) is 0 Å². The molecule has 1 heterocycles. The second-order valence-electron chi connectivity index (χ2n) is 4.45. The van der Waals surface area contributed by atoms with Crippen molar-refractivity contribution in [2.24, 2.45) is 0 Å². The van der Waals surface area contributed by atoms with Crippen LogP contribution in [0.3, 0.4) is 0 Å². The van der Waals surface area contributed by atoms with Gasteiger partial charge in [0.05, 0.1) is 22.7 Å². The van der Waals surface area contributed by atoms with E-state index < -0.39 is 0 Å². The van der Waals surface area contributed by atoms with Crippen molar-refractivity contribution in [1.29, 1.82) is 5.26 Å². The van der Waals surface area contributed by atoms with Gasteiger partial charge in [-0.3, -0.25) is 4.57 Å². The third-order valence-electron chi connectivity index (χ3n) is 3.19. The highest BCUT2D eigenvalue weighted by atomic mass is 35.5.